The van der Waals surface area contributed by atoms with Crippen molar-refractivity contribution in [2.45, 2.75) is 109 Å². The first-order valence-electron chi connectivity index (χ1n) is 14.4. The van der Waals surface area contributed by atoms with Gasteiger partial charge < -0.3 is 14.9 Å². The van der Waals surface area contributed by atoms with Crippen molar-refractivity contribution in [1.29, 1.82) is 0 Å². The van der Waals surface area contributed by atoms with Crippen LogP contribution < -0.4 is 0 Å². The minimum absolute atomic E-state index is 0.00684. The van der Waals surface area contributed by atoms with Gasteiger partial charge in [-0.3, -0.25) is 19.2 Å². The summed E-state index contributed by atoms with van der Waals surface area (Å²) in [6.45, 7) is 3.37. The fraction of sp³-hybridized carbons (Fsp3) is 0.800. The summed E-state index contributed by atoms with van der Waals surface area (Å²) in [5.74, 6) is -1.49. The second kappa shape index (κ2) is 9.71. The van der Waals surface area contributed by atoms with Gasteiger partial charge in [-0.25, -0.2) is 0 Å². The Kier molecular flexibility index (Phi) is 7.02. The van der Waals surface area contributed by atoms with E-state index in [2.05, 4.69) is 6.92 Å². The van der Waals surface area contributed by atoms with Gasteiger partial charge in [-0.05, 0) is 80.1 Å². The van der Waals surface area contributed by atoms with Crippen LogP contribution in [-0.2, 0) is 23.9 Å². The minimum atomic E-state index is -1.88. The van der Waals surface area contributed by atoms with Crippen LogP contribution in [0.25, 0.3) is 0 Å². The Morgan fingerprint density at radius 3 is 2.51 bits per heavy atom. The van der Waals surface area contributed by atoms with Crippen molar-refractivity contribution in [1.82, 2.24) is 0 Å². The molecular weight excluding hydrogens is 472 g/mol. The average molecular weight is 515 g/mol. The molecule has 5 rings (SSSR count). The molecule has 0 amide bonds. The molecule has 7 heteroatoms. The molecule has 0 spiro atoms. The Balaban J connectivity index is 1.27. The number of aliphatic hydroxyl groups excluding tert-OH is 1. The molecule has 5 aliphatic carbocycles. The first-order valence-corrected chi connectivity index (χ1v) is 14.4. The van der Waals surface area contributed by atoms with Gasteiger partial charge in [-0.2, -0.15) is 0 Å². The summed E-state index contributed by atoms with van der Waals surface area (Å²) in [4.78, 5) is 50.5. The number of esters is 1. The lowest BCUT2D eigenvalue weighted by Crippen LogP contribution is -2.62. The number of ketones is 3. The van der Waals surface area contributed by atoms with E-state index in [0.29, 0.717) is 25.2 Å². The van der Waals surface area contributed by atoms with E-state index in [4.69, 9.17) is 4.74 Å². The van der Waals surface area contributed by atoms with Crippen LogP contribution in [0.2, 0.25) is 0 Å². The summed E-state index contributed by atoms with van der Waals surface area (Å²) in [5, 5.41) is 23.2. The molecule has 0 unspecified atom stereocenters. The maximum absolute atomic E-state index is 13.4. The highest BCUT2D eigenvalue weighted by atomic mass is 16.5. The number of rotatable bonds is 7. The number of Topliss-reactive ketones (excluding diaryl/α,β-unsaturated/α-hetero) is 2. The smallest absolute Gasteiger partial charge is 0.306 e. The first-order chi connectivity index (χ1) is 17.5. The number of allylic oxidation sites excluding steroid dienone is 1. The zero-order chi connectivity index (χ0) is 26.6. The van der Waals surface area contributed by atoms with Gasteiger partial charge >= 0.3 is 5.97 Å². The van der Waals surface area contributed by atoms with Crippen molar-refractivity contribution in [2.75, 3.05) is 6.61 Å². The highest BCUT2D eigenvalue weighted by Gasteiger charge is 2.69. The quantitative estimate of drug-likeness (QED) is 0.391. The van der Waals surface area contributed by atoms with Crippen molar-refractivity contribution in [2.24, 2.45) is 34.5 Å². The van der Waals surface area contributed by atoms with Gasteiger partial charge in [-0.15, -0.1) is 0 Å². The third-order valence-corrected chi connectivity index (χ3v) is 11.3. The van der Waals surface area contributed by atoms with Crippen molar-refractivity contribution < 1.29 is 34.1 Å². The Bertz CT molecular complexity index is 1010. The average Bonchev–Trinajstić information content (AvgIpc) is 3.47. The topological polar surface area (TPSA) is 118 Å². The number of carbonyl (C=O) groups is 4. The second-order valence-corrected chi connectivity index (χ2v) is 13.1. The minimum Gasteiger partial charge on any atom is -0.457 e. The number of hydrogen-bond acceptors (Lipinski definition) is 7. The van der Waals surface area contributed by atoms with E-state index < -0.39 is 41.3 Å². The zero-order valence-electron chi connectivity index (χ0n) is 22.3. The standard InChI is InChI=1S/C30H42O7/c1-28-13-11-20(31)15-19(28)8-9-21-22-12-14-30(36,29(22,2)16-23(32)26(21)28)27(35)24(33)17-37-25(34)10-7-18-5-3-4-6-18/h15,18,21-23,26,32,36H,3-14,16-17H2,1-2H3/t21-,22-,23-,26+,28-,29-,30-/m0/s1. The molecule has 0 bridgehead atoms. The predicted octanol–water partition coefficient (Wildman–Crippen LogP) is 3.87. The van der Waals surface area contributed by atoms with Crippen molar-refractivity contribution in [3.8, 4) is 0 Å². The van der Waals surface area contributed by atoms with Crippen molar-refractivity contribution in [3.05, 3.63) is 11.6 Å². The van der Waals surface area contributed by atoms with Crippen molar-refractivity contribution in [3.63, 3.8) is 0 Å². The normalized spacial score (nSPS) is 41.4. The van der Waals surface area contributed by atoms with Crippen LogP contribution >= 0.6 is 0 Å². The molecule has 0 aromatic heterocycles. The molecule has 2 N–H and O–H groups in total. The van der Waals surface area contributed by atoms with Gasteiger partial charge in [-0.1, -0.05) is 45.1 Å². The number of fused-ring (bicyclic) bond motifs is 5. The van der Waals surface area contributed by atoms with E-state index in [1.54, 1.807) is 6.08 Å². The maximum Gasteiger partial charge on any atom is 0.306 e. The zero-order valence-corrected chi connectivity index (χ0v) is 22.3. The van der Waals surface area contributed by atoms with E-state index in [1.165, 1.54) is 12.8 Å². The van der Waals surface area contributed by atoms with E-state index >= 15 is 0 Å². The van der Waals surface area contributed by atoms with Crippen LogP contribution in [0.5, 0.6) is 0 Å². The fourth-order valence-electron chi connectivity index (χ4n) is 9.20. The van der Waals surface area contributed by atoms with Gasteiger partial charge in [0.2, 0.25) is 11.6 Å². The molecule has 0 radical (unpaired) electrons. The molecule has 0 aliphatic heterocycles. The first kappa shape index (κ1) is 26.7. The lowest BCUT2D eigenvalue weighted by molar-refractivity contribution is -0.183. The van der Waals surface area contributed by atoms with Crippen LogP contribution in [0.1, 0.15) is 97.3 Å². The van der Waals surface area contributed by atoms with E-state index in [-0.39, 0.29) is 48.2 Å². The van der Waals surface area contributed by atoms with E-state index in [1.807, 2.05) is 6.92 Å². The van der Waals surface area contributed by atoms with Crippen LogP contribution in [-0.4, -0.2) is 51.8 Å². The Hall–Kier alpha value is -1.86. The lowest BCUT2D eigenvalue weighted by atomic mass is 9.45. The molecule has 7 nitrogen and oxygen atoms in total. The number of carbonyl (C=O) groups excluding carboxylic acids is 4. The summed E-state index contributed by atoms with van der Waals surface area (Å²) in [6, 6.07) is 0. The molecule has 4 saturated carbocycles. The highest BCUT2D eigenvalue weighted by molar-refractivity contribution is 6.41. The number of ether oxygens (including phenoxy) is 1. The molecule has 7 atom stereocenters. The van der Waals surface area contributed by atoms with Crippen LogP contribution in [0.15, 0.2) is 11.6 Å². The summed E-state index contributed by atoms with van der Waals surface area (Å²) in [6.07, 6.45) is 10.4. The Morgan fingerprint density at radius 1 is 1.05 bits per heavy atom. The Labute approximate surface area is 219 Å². The molecule has 5 aliphatic rings. The molecule has 37 heavy (non-hydrogen) atoms. The third kappa shape index (κ3) is 4.34. The van der Waals surface area contributed by atoms with Gasteiger partial charge in [0.15, 0.2) is 12.4 Å². The Morgan fingerprint density at radius 2 is 1.78 bits per heavy atom. The molecule has 204 valence electrons. The molecule has 0 saturated heterocycles. The number of aliphatic hydroxyl groups is 2. The largest absolute Gasteiger partial charge is 0.457 e. The van der Waals surface area contributed by atoms with Gasteiger partial charge in [0.1, 0.15) is 5.60 Å². The number of hydrogen-bond donors (Lipinski definition) is 2. The summed E-state index contributed by atoms with van der Waals surface area (Å²) < 4.78 is 5.14. The summed E-state index contributed by atoms with van der Waals surface area (Å²) in [7, 11) is 0. The van der Waals surface area contributed by atoms with Gasteiger partial charge in [0, 0.05) is 18.3 Å². The fourth-order valence-corrected chi connectivity index (χ4v) is 9.20. The second-order valence-electron chi connectivity index (χ2n) is 13.1. The SMILES string of the molecule is C[C@]12CCC(=O)C=C1CC[C@@H]1[C@@H]2[C@@H](O)C[C@@]2(C)[C@H]1CC[C@]2(O)C(=O)C(=O)COC(=O)CCC1CCCC1. The predicted molar refractivity (Wildman–Crippen MR) is 135 cm³/mol. The maximum atomic E-state index is 13.4. The molecular formula is C30H42O7. The highest BCUT2D eigenvalue weighted by Crippen LogP contribution is 2.67. The lowest BCUT2D eigenvalue weighted by Gasteiger charge is -2.60. The summed E-state index contributed by atoms with van der Waals surface area (Å²) >= 11 is 0. The van der Waals surface area contributed by atoms with E-state index in [9.17, 15) is 29.4 Å². The monoisotopic (exact) mass is 514 g/mol. The third-order valence-electron chi connectivity index (χ3n) is 11.3. The molecule has 0 heterocycles. The summed E-state index contributed by atoms with van der Waals surface area (Å²) in [5.41, 5.74) is -1.95. The van der Waals surface area contributed by atoms with Crippen molar-refractivity contribution >= 4 is 23.3 Å². The van der Waals surface area contributed by atoms with Gasteiger partial charge in [0.05, 0.1) is 6.10 Å². The molecule has 4 fully saturated rings. The van der Waals surface area contributed by atoms with Crippen LogP contribution in [0, 0.1) is 34.5 Å². The molecule has 0 aromatic carbocycles. The van der Waals surface area contributed by atoms with E-state index in [0.717, 1.165) is 37.7 Å². The van der Waals surface area contributed by atoms with Gasteiger partial charge in [0.25, 0.3) is 0 Å². The van der Waals surface area contributed by atoms with Crippen LogP contribution in [0.3, 0.4) is 0 Å². The van der Waals surface area contributed by atoms with Crippen LogP contribution in [0.4, 0.5) is 0 Å². The molecule has 0 aromatic rings.